The molecule has 5 nitrogen and oxygen atoms in total. The summed E-state index contributed by atoms with van der Waals surface area (Å²) in [4.78, 5) is 13.8. The van der Waals surface area contributed by atoms with Gasteiger partial charge in [0.05, 0.1) is 0 Å². The molecule has 0 aromatic rings. The van der Waals surface area contributed by atoms with Gasteiger partial charge in [-0.05, 0) is 52.4 Å². The maximum atomic E-state index is 12.0. The van der Waals surface area contributed by atoms with E-state index < -0.39 is 5.60 Å². The van der Waals surface area contributed by atoms with E-state index in [1.54, 1.807) is 0 Å². The Kier molecular flexibility index (Phi) is 5.49. The zero-order chi connectivity index (χ0) is 15.5. The zero-order valence-electron chi connectivity index (χ0n) is 13.6. The third kappa shape index (κ3) is 4.85. The summed E-state index contributed by atoms with van der Waals surface area (Å²) < 4.78 is 5.41. The van der Waals surface area contributed by atoms with Crippen LogP contribution in [0.2, 0.25) is 0 Å². The highest BCUT2D eigenvalue weighted by Gasteiger charge is 2.31. The van der Waals surface area contributed by atoms with Gasteiger partial charge in [0.1, 0.15) is 5.60 Å². The third-order valence-corrected chi connectivity index (χ3v) is 4.49. The molecule has 2 N–H and O–H groups in total. The summed E-state index contributed by atoms with van der Waals surface area (Å²) in [6, 6.07) is 0.911. The van der Waals surface area contributed by atoms with Crippen LogP contribution in [0.25, 0.3) is 0 Å². The summed E-state index contributed by atoms with van der Waals surface area (Å²) in [6.45, 7) is 7.48. The Balaban J connectivity index is 1.74. The maximum absolute atomic E-state index is 12.0. The number of ether oxygens (including phenoxy) is 1. The molecular formula is C16H30N2O3. The van der Waals surface area contributed by atoms with Gasteiger partial charge in [-0.2, -0.15) is 0 Å². The molecule has 122 valence electrons. The van der Waals surface area contributed by atoms with Crippen molar-refractivity contribution in [1.82, 2.24) is 10.2 Å². The van der Waals surface area contributed by atoms with Crippen molar-refractivity contribution in [2.75, 3.05) is 19.7 Å². The van der Waals surface area contributed by atoms with Gasteiger partial charge in [0.25, 0.3) is 0 Å². The summed E-state index contributed by atoms with van der Waals surface area (Å²) in [7, 11) is 0. The van der Waals surface area contributed by atoms with Crippen molar-refractivity contribution in [3.8, 4) is 0 Å². The number of carbonyl (C=O) groups is 1. The second-order valence-corrected chi connectivity index (χ2v) is 7.39. The van der Waals surface area contributed by atoms with Crippen LogP contribution in [0.1, 0.15) is 52.9 Å². The summed E-state index contributed by atoms with van der Waals surface area (Å²) in [5.74, 6) is 0.411. The average Bonchev–Trinajstić information content (AvgIpc) is 2.85. The number of piperidine rings is 1. The van der Waals surface area contributed by atoms with Crippen molar-refractivity contribution in [3.63, 3.8) is 0 Å². The standard InChI is InChI=1S/C16H30N2O3/c1-16(2,3)21-15(20)18-9-7-13(8-10-18)17-14-6-4-5-12(14)11-19/h12-14,17,19H,4-11H2,1-3H3. The van der Waals surface area contributed by atoms with Crippen LogP contribution < -0.4 is 5.32 Å². The van der Waals surface area contributed by atoms with Gasteiger partial charge in [-0.3, -0.25) is 0 Å². The minimum absolute atomic E-state index is 0.199. The lowest BCUT2D eigenvalue weighted by Gasteiger charge is -2.35. The normalized spacial score (nSPS) is 27.9. The largest absolute Gasteiger partial charge is 0.444 e. The molecule has 0 radical (unpaired) electrons. The number of likely N-dealkylation sites (tertiary alicyclic amines) is 1. The average molecular weight is 298 g/mol. The van der Waals surface area contributed by atoms with Gasteiger partial charge in [0.2, 0.25) is 0 Å². The van der Waals surface area contributed by atoms with Crippen LogP contribution >= 0.6 is 0 Å². The first-order valence-electron chi connectivity index (χ1n) is 8.24. The van der Waals surface area contributed by atoms with Crippen LogP contribution in [0.5, 0.6) is 0 Å². The van der Waals surface area contributed by atoms with Gasteiger partial charge in [0, 0.05) is 31.8 Å². The molecule has 0 aromatic heterocycles. The fraction of sp³-hybridized carbons (Fsp3) is 0.938. The first kappa shape index (κ1) is 16.6. The monoisotopic (exact) mass is 298 g/mol. The molecule has 2 fully saturated rings. The van der Waals surface area contributed by atoms with Crippen LogP contribution in [0, 0.1) is 5.92 Å². The van der Waals surface area contributed by atoms with Gasteiger partial charge in [0.15, 0.2) is 0 Å². The molecule has 1 saturated carbocycles. The lowest BCUT2D eigenvalue weighted by Crippen LogP contribution is -2.49. The lowest BCUT2D eigenvalue weighted by molar-refractivity contribution is 0.0193. The summed E-state index contributed by atoms with van der Waals surface area (Å²) >= 11 is 0. The van der Waals surface area contributed by atoms with Crippen LogP contribution in [0.15, 0.2) is 0 Å². The van der Waals surface area contributed by atoms with E-state index in [4.69, 9.17) is 4.74 Å². The number of hydrogen-bond acceptors (Lipinski definition) is 4. The maximum Gasteiger partial charge on any atom is 0.410 e. The zero-order valence-corrected chi connectivity index (χ0v) is 13.6. The van der Waals surface area contributed by atoms with E-state index in [9.17, 15) is 9.90 Å². The Bertz CT molecular complexity index is 346. The molecule has 2 rings (SSSR count). The molecular weight excluding hydrogens is 268 g/mol. The van der Waals surface area contributed by atoms with Crippen molar-refractivity contribution in [2.24, 2.45) is 5.92 Å². The van der Waals surface area contributed by atoms with Gasteiger partial charge < -0.3 is 20.1 Å². The molecule has 1 amide bonds. The summed E-state index contributed by atoms with van der Waals surface area (Å²) in [5, 5.41) is 13.1. The minimum Gasteiger partial charge on any atom is -0.444 e. The number of hydrogen-bond donors (Lipinski definition) is 2. The topological polar surface area (TPSA) is 61.8 Å². The van der Waals surface area contributed by atoms with Gasteiger partial charge in [-0.1, -0.05) is 6.42 Å². The first-order chi connectivity index (χ1) is 9.89. The second kappa shape index (κ2) is 6.97. The van der Waals surface area contributed by atoms with E-state index in [1.807, 2.05) is 25.7 Å². The van der Waals surface area contributed by atoms with Gasteiger partial charge in [-0.15, -0.1) is 0 Å². The number of amides is 1. The fourth-order valence-electron chi connectivity index (χ4n) is 3.33. The van der Waals surface area contributed by atoms with Crippen LogP contribution in [0.4, 0.5) is 4.79 Å². The highest BCUT2D eigenvalue weighted by atomic mass is 16.6. The Morgan fingerprint density at radius 1 is 1.24 bits per heavy atom. The van der Waals surface area contributed by atoms with Gasteiger partial charge in [-0.25, -0.2) is 4.79 Å². The van der Waals surface area contributed by atoms with E-state index in [1.165, 1.54) is 6.42 Å². The molecule has 2 aliphatic rings. The Morgan fingerprint density at radius 2 is 1.90 bits per heavy atom. The molecule has 1 saturated heterocycles. The van der Waals surface area contributed by atoms with E-state index in [2.05, 4.69) is 5.32 Å². The van der Waals surface area contributed by atoms with Crippen molar-refractivity contribution in [2.45, 2.75) is 70.6 Å². The predicted octanol–water partition coefficient (Wildman–Crippen LogP) is 2.14. The molecule has 2 atom stereocenters. The summed E-state index contributed by atoms with van der Waals surface area (Å²) in [6.07, 6.45) is 5.24. The predicted molar refractivity (Wildman–Crippen MR) is 82.2 cm³/mol. The molecule has 5 heteroatoms. The molecule has 2 unspecified atom stereocenters. The quantitative estimate of drug-likeness (QED) is 0.838. The van der Waals surface area contributed by atoms with Gasteiger partial charge >= 0.3 is 6.09 Å². The van der Waals surface area contributed by atoms with Crippen LogP contribution in [0.3, 0.4) is 0 Å². The SMILES string of the molecule is CC(C)(C)OC(=O)N1CCC(NC2CCCC2CO)CC1. The molecule has 0 aromatic carbocycles. The summed E-state index contributed by atoms with van der Waals surface area (Å²) in [5.41, 5.74) is -0.426. The molecule has 1 aliphatic carbocycles. The van der Waals surface area contributed by atoms with Crippen molar-refractivity contribution in [1.29, 1.82) is 0 Å². The lowest BCUT2D eigenvalue weighted by atomic mass is 10.00. The van der Waals surface area contributed by atoms with E-state index in [-0.39, 0.29) is 12.7 Å². The highest BCUT2D eigenvalue weighted by Crippen LogP contribution is 2.26. The Hall–Kier alpha value is -0.810. The molecule has 1 aliphatic heterocycles. The Morgan fingerprint density at radius 3 is 2.48 bits per heavy atom. The van der Waals surface area contributed by atoms with Crippen molar-refractivity contribution in [3.05, 3.63) is 0 Å². The van der Waals surface area contributed by atoms with Crippen molar-refractivity contribution < 1.29 is 14.6 Å². The van der Waals surface area contributed by atoms with Crippen LogP contribution in [-0.4, -0.2) is 53.5 Å². The second-order valence-electron chi connectivity index (χ2n) is 7.39. The molecule has 21 heavy (non-hydrogen) atoms. The van der Waals surface area contributed by atoms with E-state index in [0.29, 0.717) is 18.0 Å². The molecule has 0 bridgehead atoms. The third-order valence-electron chi connectivity index (χ3n) is 4.49. The number of aliphatic hydroxyl groups excluding tert-OH is 1. The first-order valence-corrected chi connectivity index (χ1v) is 8.24. The highest BCUT2D eigenvalue weighted by molar-refractivity contribution is 5.68. The number of aliphatic hydroxyl groups is 1. The number of rotatable bonds is 3. The number of nitrogens with zero attached hydrogens (tertiary/aromatic N) is 1. The minimum atomic E-state index is -0.426. The number of nitrogens with one attached hydrogen (secondary N) is 1. The van der Waals surface area contributed by atoms with Crippen LogP contribution in [-0.2, 0) is 4.74 Å². The smallest absolute Gasteiger partial charge is 0.410 e. The molecule has 1 heterocycles. The van der Waals surface area contributed by atoms with Crippen molar-refractivity contribution >= 4 is 6.09 Å². The Labute approximate surface area is 128 Å². The fourth-order valence-corrected chi connectivity index (χ4v) is 3.33. The van der Waals surface area contributed by atoms with E-state index >= 15 is 0 Å². The molecule has 0 spiro atoms. The number of carbonyl (C=O) groups excluding carboxylic acids is 1. The van der Waals surface area contributed by atoms with E-state index in [0.717, 1.165) is 38.8 Å².